The van der Waals surface area contributed by atoms with Crippen molar-refractivity contribution >= 4 is 33.4 Å². The Bertz CT molecular complexity index is 768. The smallest absolute Gasteiger partial charge is 0.131 e. The summed E-state index contributed by atoms with van der Waals surface area (Å²) in [7, 11) is 1.93. The molecule has 0 aliphatic carbocycles. The first-order valence-electron chi connectivity index (χ1n) is 6.80. The first-order chi connectivity index (χ1) is 10.2. The Morgan fingerprint density at radius 2 is 1.57 bits per heavy atom. The maximum absolute atomic E-state index is 14.0. The van der Waals surface area contributed by atoms with E-state index in [1.165, 1.54) is 9.13 Å². The molecule has 0 saturated carbocycles. The van der Waals surface area contributed by atoms with Crippen molar-refractivity contribution in [2.75, 3.05) is 7.05 Å². The maximum atomic E-state index is 14.0. The van der Waals surface area contributed by atoms with Gasteiger partial charge in [-0.1, -0.05) is 42.5 Å². The van der Waals surface area contributed by atoms with Crippen LogP contribution in [0.1, 0.15) is 17.2 Å². The second-order valence-electron chi connectivity index (χ2n) is 4.96. The van der Waals surface area contributed by atoms with E-state index in [9.17, 15) is 4.39 Å². The topological polar surface area (TPSA) is 12.0 Å². The van der Waals surface area contributed by atoms with Crippen molar-refractivity contribution in [3.63, 3.8) is 0 Å². The fourth-order valence-electron chi connectivity index (χ4n) is 2.69. The molecular weight excluding hydrogens is 376 g/mol. The third kappa shape index (κ3) is 2.80. The van der Waals surface area contributed by atoms with Crippen LogP contribution in [0.25, 0.3) is 10.8 Å². The largest absolute Gasteiger partial charge is 0.309 e. The maximum Gasteiger partial charge on any atom is 0.131 e. The zero-order valence-corrected chi connectivity index (χ0v) is 13.8. The Morgan fingerprint density at radius 3 is 2.24 bits per heavy atom. The SMILES string of the molecule is CNC(c1ccc(I)cc1)c1ccc(F)c2ccccc12. The highest BCUT2D eigenvalue weighted by atomic mass is 127. The Morgan fingerprint density at radius 1 is 0.905 bits per heavy atom. The van der Waals surface area contributed by atoms with E-state index in [-0.39, 0.29) is 11.9 Å². The first-order valence-corrected chi connectivity index (χ1v) is 7.88. The number of hydrogen-bond donors (Lipinski definition) is 1. The number of halogens is 2. The third-order valence-corrected chi connectivity index (χ3v) is 4.43. The molecule has 0 heterocycles. The standard InChI is InChI=1S/C18H15FIN/c1-21-18(12-6-8-13(20)9-7-12)16-10-11-17(19)15-5-3-2-4-14(15)16/h2-11,18,21H,1H3. The van der Waals surface area contributed by atoms with Gasteiger partial charge in [-0.25, -0.2) is 4.39 Å². The van der Waals surface area contributed by atoms with Crippen LogP contribution in [0.3, 0.4) is 0 Å². The highest BCUT2D eigenvalue weighted by molar-refractivity contribution is 14.1. The van der Waals surface area contributed by atoms with E-state index in [2.05, 4.69) is 52.2 Å². The summed E-state index contributed by atoms with van der Waals surface area (Å²) in [6, 6.07) is 19.5. The quantitative estimate of drug-likeness (QED) is 0.627. The highest BCUT2D eigenvalue weighted by Crippen LogP contribution is 2.30. The molecule has 21 heavy (non-hydrogen) atoms. The van der Waals surface area contributed by atoms with Gasteiger partial charge in [-0.05, 0) is 64.4 Å². The number of benzene rings is 3. The van der Waals surface area contributed by atoms with Gasteiger partial charge in [0, 0.05) is 8.96 Å². The summed E-state index contributed by atoms with van der Waals surface area (Å²) in [6.07, 6.45) is 0. The van der Waals surface area contributed by atoms with E-state index < -0.39 is 0 Å². The van der Waals surface area contributed by atoms with Crippen molar-refractivity contribution < 1.29 is 4.39 Å². The van der Waals surface area contributed by atoms with Crippen molar-refractivity contribution in [3.05, 3.63) is 81.2 Å². The van der Waals surface area contributed by atoms with E-state index in [4.69, 9.17) is 0 Å². The Kier molecular flexibility index (Phi) is 4.22. The molecule has 1 atom stereocenters. The Balaban J connectivity index is 2.17. The van der Waals surface area contributed by atoms with Crippen LogP contribution >= 0.6 is 22.6 Å². The lowest BCUT2D eigenvalue weighted by Gasteiger charge is -2.19. The minimum atomic E-state index is -0.174. The number of hydrogen-bond acceptors (Lipinski definition) is 1. The van der Waals surface area contributed by atoms with Gasteiger partial charge in [0.15, 0.2) is 0 Å². The molecule has 0 aliphatic heterocycles. The van der Waals surface area contributed by atoms with Crippen LogP contribution in [0.15, 0.2) is 60.7 Å². The third-order valence-electron chi connectivity index (χ3n) is 3.71. The molecule has 0 amide bonds. The molecule has 3 heteroatoms. The summed E-state index contributed by atoms with van der Waals surface area (Å²) >= 11 is 2.30. The van der Waals surface area contributed by atoms with Crippen LogP contribution in [0, 0.1) is 9.39 Å². The van der Waals surface area contributed by atoms with E-state index in [0.717, 1.165) is 10.9 Å². The predicted octanol–water partition coefficient (Wildman–Crippen LogP) is 4.89. The van der Waals surface area contributed by atoms with E-state index in [0.29, 0.717) is 5.39 Å². The van der Waals surface area contributed by atoms with Gasteiger partial charge < -0.3 is 5.32 Å². The second-order valence-corrected chi connectivity index (χ2v) is 6.20. The molecule has 0 aliphatic rings. The van der Waals surface area contributed by atoms with E-state index in [1.54, 1.807) is 6.07 Å². The van der Waals surface area contributed by atoms with Crippen LogP contribution in [0.4, 0.5) is 4.39 Å². The molecule has 3 aromatic carbocycles. The first kappa shape index (κ1) is 14.5. The summed E-state index contributed by atoms with van der Waals surface area (Å²) in [5, 5.41) is 4.96. The molecule has 0 bridgehead atoms. The molecule has 0 radical (unpaired) electrons. The molecule has 3 aromatic rings. The lowest BCUT2D eigenvalue weighted by Crippen LogP contribution is -2.18. The van der Waals surface area contributed by atoms with Gasteiger partial charge in [0.05, 0.1) is 6.04 Å². The summed E-state index contributed by atoms with van der Waals surface area (Å²) in [4.78, 5) is 0. The Hall–Kier alpha value is -1.46. The summed E-state index contributed by atoms with van der Waals surface area (Å²) in [6.45, 7) is 0. The highest BCUT2D eigenvalue weighted by Gasteiger charge is 2.16. The summed E-state index contributed by atoms with van der Waals surface area (Å²) in [5.74, 6) is -0.174. The number of nitrogens with one attached hydrogen (secondary N) is 1. The lowest BCUT2D eigenvalue weighted by atomic mass is 9.93. The molecule has 1 N–H and O–H groups in total. The van der Waals surface area contributed by atoms with Crippen molar-refractivity contribution in [2.45, 2.75) is 6.04 Å². The zero-order valence-electron chi connectivity index (χ0n) is 11.6. The molecule has 3 rings (SSSR count). The van der Waals surface area contributed by atoms with Crippen molar-refractivity contribution in [3.8, 4) is 0 Å². The molecule has 106 valence electrons. The molecule has 0 aromatic heterocycles. The molecule has 0 spiro atoms. The van der Waals surface area contributed by atoms with Gasteiger partial charge in [-0.2, -0.15) is 0 Å². The van der Waals surface area contributed by atoms with Crippen molar-refractivity contribution in [1.82, 2.24) is 5.32 Å². The van der Waals surface area contributed by atoms with Crippen molar-refractivity contribution in [1.29, 1.82) is 0 Å². The van der Waals surface area contributed by atoms with Gasteiger partial charge in [-0.3, -0.25) is 0 Å². The fraction of sp³-hybridized carbons (Fsp3) is 0.111. The van der Waals surface area contributed by atoms with Crippen LogP contribution in [0.5, 0.6) is 0 Å². The number of fused-ring (bicyclic) bond motifs is 1. The molecule has 0 saturated heterocycles. The van der Waals surface area contributed by atoms with Crippen LogP contribution in [-0.2, 0) is 0 Å². The van der Waals surface area contributed by atoms with Gasteiger partial charge in [0.1, 0.15) is 5.82 Å². The van der Waals surface area contributed by atoms with Crippen LogP contribution in [0.2, 0.25) is 0 Å². The average Bonchev–Trinajstić information content (AvgIpc) is 2.52. The van der Waals surface area contributed by atoms with Gasteiger partial charge in [0.2, 0.25) is 0 Å². The molecule has 1 unspecified atom stereocenters. The van der Waals surface area contributed by atoms with Crippen LogP contribution in [-0.4, -0.2) is 7.05 Å². The van der Waals surface area contributed by atoms with E-state index in [1.807, 2.05) is 37.4 Å². The second kappa shape index (κ2) is 6.12. The van der Waals surface area contributed by atoms with Gasteiger partial charge in [-0.15, -0.1) is 0 Å². The lowest BCUT2D eigenvalue weighted by molar-refractivity contribution is 0.637. The Labute approximate surface area is 137 Å². The van der Waals surface area contributed by atoms with Crippen molar-refractivity contribution in [2.24, 2.45) is 0 Å². The normalized spacial score (nSPS) is 12.5. The fourth-order valence-corrected chi connectivity index (χ4v) is 3.05. The minimum Gasteiger partial charge on any atom is -0.309 e. The zero-order chi connectivity index (χ0) is 14.8. The van der Waals surface area contributed by atoms with Gasteiger partial charge in [0.25, 0.3) is 0 Å². The number of rotatable bonds is 3. The van der Waals surface area contributed by atoms with Gasteiger partial charge >= 0.3 is 0 Å². The molecule has 0 fully saturated rings. The summed E-state index contributed by atoms with van der Waals surface area (Å²) < 4.78 is 15.2. The average molecular weight is 391 g/mol. The molecule has 1 nitrogen and oxygen atoms in total. The molecular formula is C18H15FIN. The summed E-state index contributed by atoms with van der Waals surface area (Å²) in [5.41, 5.74) is 2.27. The predicted molar refractivity (Wildman–Crippen MR) is 94.0 cm³/mol. The monoisotopic (exact) mass is 391 g/mol. The van der Waals surface area contributed by atoms with E-state index >= 15 is 0 Å². The van der Waals surface area contributed by atoms with Crippen LogP contribution < -0.4 is 5.32 Å². The minimum absolute atomic E-state index is 0.0486.